The van der Waals surface area contributed by atoms with Gasteiger partial charge in [-0.05, 0) is 42.9 Å². The lowest BCUT2D eigenvalue weighted by Crippen LogP contribution is -2.32. The van der Waals surface area contributed by atoms with E-state index in [1.54, 1.807) is 25.1 Å². The summed E-state index contributed by atoms with van der Waals surface area (Å²) >= 11 is 0. The normalized spacial score (nSPS) is 20.9. The van der Waals surface area contributed by atoms with Gasteiger partial charge in [-0.25, -0.2) is 0 Å². The molecule has 0 radical (unpaired) electrons. The Balaban J connectivity index is 2.09. The van der Waals surface area contributed by atoms with Gasteiger partial charge in [0.25, 0.3) is 5.91 Å². The number of nitrogens with one attached hydrogen (secondary N) is 1. The number of hydrogen-bond donors (Lipinski definition) is 2. The maximum Gasteiger partial charge on any atom is 0.253 e. The van der Waals surface area contributed by atoms with Gasteiger partial charge in [0.15, 0.2) is 0 Å². The Hall–Kier alpha value is -1.71. The highest BCUT2D eigenvalue weighted by Crippen LogP contribution is 2.37. The Morgan fingerprint density at radius 3 is 2.67 bits per heavy atom. The lowest BCUT2D eigenvalue weighted by atomic mass is 9.75. The van der Waals surface area contributed by atoms with Gasteiger partial charge in [-0.2, -0.15) is 0 Å². The van der Waals surface area contributed by atoms with E-state index in [0.717, 1.165) is 12.1 Å². The number of anilines is 2. The van der Waals surface area contributed by atoms with Gasteiger partial charge in [0, 0.05) is 25.7 Å². The summed E-state index contributed by atoms with van der Waals surface area (Å²) in [4.78, 5) is 13.5. The van der Waals surface area contributed by atoms with Crippen LogP contribution >= 0.6 is 0 Å². The van der Waals surface area contributed by atoms with Crippen molar-refractivity contribution in [1.29, 1.82) is 0 Å². The van der Waals surface area contributed by atoms with E-state index in [4.69, 9.17) is 5.73 Å². The number of carbonyl (C=O) groups is 1. The summed E-state index contributed by atoms with van der Waals surface area (Å²) in [5.74, 6) is -0.0213. The van der Waals surface area contributed by atoms with Crippen LogP contribution in [0.2, 0.25) is 0 Å². The molecule has 1 unspecified atom stereocenters. The van der Waals surface area contributed by atoms with Crippen molar-refractivity contribution in [3.8, 4) is 0 Å². The minimum absolute atomic E-state index is 0.0213. The topological polar surface area (TPSA) is 58.4 Å². The predicted octanol–water partition coefficient (Wildman–Crippen LogP) is 3.35. The second-order valence-electron chi connectivity index (χ2n) is 7.10. The minimum atomic E-state index is -0.0213. The van der Waals surface area contributed by atoms with Gasteiger partial charge in [-0.1, -0.05) is 20.3 Å². The third-order valence-corrected chi connectivity index (χ3v) is 4.27. The number of amides is 1. The zero-order valence-electron chi connectivity index (χ0n) is 13.6. The predicted molar refractivity (Wildman–Crippen MR) is 88.5 cm³/mol. The summed E-state index contributed by atoms with van der Waals surface area (Å²) in [6.07, 6.45) is 4.88. The fraction of sp³-hybridized carbons (Fsp3) is 0.588. The maximum atomic E-state index is 11.9. The number of hydrogen-bond acceptors (Lipinski definition) is 3. The average molecular weight is 289 g/mol. The molecular formula is C17H27N3O. The molecule has 0 aliphatic heterocycles. The van der Waals surface area contributed by atoms with E-state index in [1.807, 2.05) is 12.1 Å². The van der Waals surface area contributed by atoms with Crippen LogP contribution < -0.4 is 11.1 Å². The van der Waals surface area contributed by atoms with Crippen LogP contribution in [0.5, 0.6) is 0 Å². The molecule has 21 heavy (non-hydrogen) atoms. The summed E-state index contributed by atoms with van der Waals surface area (Å²) in [6.45, 7) is 4.64. The zero-order chi connectivity index (χ0) is 15.6. The standard InChI is InChI=1S/C17H27N3O/c1-17(2)9-5-6-13(11-17)19-15-8-7-12(10-14(15)18)16(21)20(3)4/h7-8,10,13,19H,5-6,9,11,18H2,1-4H3. The van der Waals surface area contributed by atoms with E-state index < -0.39 is 0 Å². The molecule has 1 aliphatic carbocycles. The van der Waals surface area contributed by atoms with Crippen molar-refractivity contribution >= 4 is 17.3 Å². The molecular weight excluding hydrogens is 262 g/mol. The highest BCUT2D eigenvalue weighted by molar-refractivity contribution is 5.95. The lowest BCUT2D eigenvalue weighted by molar-refractivity contribution is 0.0827. The molecule has 0 saturated heterocycles. The Bertz CT molecular complexity index is 523. The average Bonchev–Trinajstić information content (AvgIpc) is 2.39. The molecule has 0 spiro atoms. The van der Waals surface area contributed by atoms with E-state index in [-0.39, 0.29) is 5.91 Å². The summed E-state index contributed by atoms with van der Waals surface area (Å²) in [5, 5.41) is 3.55. The third kappa shape index (κ3) is 3.90. The minimum Gasteiger partial charge on any atom is -0.397 e. The van der Waals surface area contributed by atoms with Crippen molar-refractivity contribution < 1.29 is 4.79 Å². The molecule has 1 aromatic carbocycles. The van der Waals surface area contributed by atoms with Gasteiger partial charge < -0.3 is 16.0 Å². The molecule has 1 amide bonds. The smallest absolute Gasteiger partial charge is 0.253 e. The molecule has 0 bridgehead atoms. The number of rotatable bonds is 3. The highest BCUT2D eigenvalue weighted by Gasteiger charge is 2.28. The van der Waals surface area contributed by atoms with Crippen LogP contribution in [0.3, 0.4) is 0 Å². The summed E-state index contributed by atoms with van der Waals surface area (Å²) in [7, 11) is 3.49. The fourth-order valence-corrected chi connectivity index (χ4v) is 3.13. The van der Waals surface area contributed by atoms with Crippen LogP contribution in [0.25, 0.3) is 0 Å². The lowest BCUT2D eigenvalue weighted by Gasteiger charge is -2.36. The molecule has 4 nitrogen and oxygen atoms in total. The number of nitrogens with zero attached hydrogens (tertiary/aromatic N) is 1. The maximum absolute atomic E-state index is 11.9. The van der Waals surface area contributed by atoms with Crippen LogP contribution in [0.15, 0.2) is 18.2 Å². The summed E-state index contributed by atoms with van der Waals surface area (Å²) < 4.78 is 0. The Morgan fingerprint density at radius 2 is 2.10 bits per heavy atom. The van der Waals surface area contributed by atoms with Crippen molar-refractivity contribution in [3.63, 3.8) is 0 Å². The first-order valence-electron chi connectivity index (χ1n) is 7.66. The first-order chi connectivity index (χ1) is 9.78. The molecule has 4 heteroatoms. The number of benzene rings is 1. The Kier molecular flexibility index (Phi) is 4.45. The van der Waals surface area contributed by atoms with Crippen molar-refractivity contribution in [2.75, 3.05) is 25.1 Å². The second-order valence-corrected chi connectivity index (χ2v) is 7.10. The van der Waals surface area contributed by atoms with E-state index in [0.29, 0.717) is 22.7 Å². The number of nitrogens with two attached hydrogens (primary N) is 1. The van der Waals surface area contributed by atoms with Crippen molar-refractivity contribution in [2.24, 2.45) is 5.41 Å². The fourth-order valence-electron chi connectivity index (χ4n) is 3.13. The van der Waals surface area contributed by atoms with Crippen molar-refractivity contribution in [1.82, 2.24) is 4.90 Å². The third-order valence-electron chi connectivity index (χ3n) is 4.27. The molecule has 1 aliphatic rings. The summed E-state index contributed by atoms with van der Waals surface area (Å²) in [6, 6.07) is 5.99. The van der Waals surface area contributed by atoms with Gasteiger partial charge in [-0.3, -0.25) is 4.79 Å². The van der Waals surface area contributed by atoms with Gasteiger partial charge in [0.1, 0.15) is 0 Å². The number of carbonyl (C=O) groups excluding carboxylic acids is 1. The second kappa shape index (κ2) is 5.96. The quantitative estimate of drug-likeness (QED) is 0.839. The van der Waals surface area contributed by atoms with Crippen molar-refractivity contribution in [2.45, 2.75) is 45.6 Å². The first-order valence-corrected chi connectivity index (χ1v) is 7.66. The van der Waals surface area contributed by atoms with Gasteiger partial charge >= 0.3 is 0 Å². The van der Waals surface area contributed by atoms with Crippen LogP contribution in [0.4, 0.5) is 11.4 Å². The van der Waals surface area contributed by atoms with Crippen molar-refractivity contribution in [3.05, 3.63) is 23.8 Å². The molecule has 1 atom stereocenters. The molecule has 0 aromatic heterocycles. The van der Waals surface area contributed by atoms with Gasteiger partial charge in [-0.15, -0.1) is 0 Å². The van der Waals surface area contributed by atoms with E-state index in [9.17, 15) is 4.79 Å². The Labute approximate surface area is 127 Å². The summed E-state index contributed by atoms with van der Waals surface area (Å²) in [5.41, 5.74) is 8.72. The van der Waals surface area contributed by atoms with Crippen LogP contribution in [0.1, 0.15) is 49.9 Å². The Morgan fingerprint density at radius 1 is 1.38 bits per heavy atom. The molecule has 0 heterocycles. The molecule has 1 saturated carbocycles. The van der Waals surface area contributed by atoms with Gasteiger partial charge in [0.2, 0.25) is 0 Å². The number of nitrogen functional groups attached to an aromatic ring is 1. The zero-order valence-corrected chi connectivity index (χ0v) is 13.6. The highest BCUT2D eigenvalue weighted by atomic mass is 16.2. The molecule has 116 valence electrons. The van der Waals surface area contributed by atoms with Gasteiger partial charge in [0.05, 0.1) is 11.4 Å². The first kappa shape index (κ1) is 15.7. The SMILES string of the molecule is CN(C)C(=O)c1ccc(NC2CCCC(C)(C)C2)c(N)c1. The van der Waals surface area contributed by atoms with Crippen LogP contribution in [-0.4, -0.2) is 30.9 Å². The van der Waals surface area contributed by atoms with E-state index in [2.05, 4.69) is 19.2 Å². The van der Waals surface area contributed by atoms with Crippen LogP contribution in [-0.2, 0) is 0 Å². The van der Waals surface area contributed by atoms with E-state index >= 15 is 0 Å². The molecule has 2 rings (SSSR count). The largest absolute Gasteiger partial charge is 0.397 e. The molecule has 3 N–H and O–H groups in total. The van der Waals surface area contributed by atoms with E-state index in [1.165, 1.54) is 19.3 Å². The molecule has 1 aromatic rings. The monoisotopic (exact) mass is 289 g/mol. The molecule has 1 fully saturated rings. The van der Waals surface area contributed by atoms with Crippen LogP contribution in [0, 0.1) is 5.41 Å².